The minimum atomic E-state index is -0.165. The Hall–Kier alpha value is -2.18. The van der Waals surface area contributed by atoms with Gasteiger partial charge in [-0.2, -0.15) is 0 Å². The monoisotopic (exact) mass is 377 g/mol. The predicted octanol–water partition coefficient (Wildman–Crippen LogP) is 3.67. The van der Waals surface area contributed by atoms with Crippen LogP contribution >= 0.6 is 23.4 Å². The minimum Gasteiger partial charge on any atom is -0.486 e. The lowest BCUT2D eigenvalue weighted by Gasteiger charge is -2.18. The summed E-state index contributed by atoms with van der Waals surface area (Å²) in [4.78, 5) is 24.1. The summed E-state index contributed by atoms with van der Waals surface area (Å²) in [5.41, 5.74) is 1.23. The van der Waals surface area contributed by atoms with Crippen molar-refractivity contribution in [3.05, 3.63) is 53.1 Å². The number of nitrogens with one attached hydrogen (secondary N) is 1. The number of halogens is 1. The molecule has 2 aromatic carbocycles. The third-order valence-electron chi connectivity index (χ3n) is 3.46. The van der Waals surface area contributed by atoms with Gasteiger partial charge in [0.15, 0.2) is 17.3 Å². The first-order valence-electron chi connectivity index (χ1n) is 7.68. The fourth-order valence-corrected chi connectivity index (χ4v) is 3.10. The number of hydrogen-bond acceptors (Lipinski definition) is 5. The van der Waals surface area contributed by atoms with Crippen molar-refractivity contribution in [2.24, 2.45) is 0 Å². The van der Waals surface area contributed by atoms with E-state index < -0.39 is 0 Å². The Labute approximate surface area is 154 Å². The van der Waals surface area contributed by atoms with Gasteiger partial charge in [0.1, 0.15) is 13.2 Å². The second-order valence-electron chi connectivity index (χ2n) is 5.33. The molecule has 0 spiro atoms. The smallest absolute Gasteiger partial charge is 0.234 e. The van der Waals surface area contributed by atoms with E-state index in [9.17, 15) is 9.59 Å². The van der Waals surface area contributed by atoms with E-state index in [4.69, 9.17) is 21.1 Å². The van der Waals surface area contributed by atoms with Gasteiger partial charge in [-0.3, -0.25) is 9.59 Å². The number of carbonyl (C=O) groups is 2. The van der Waals surface area contributed by atoms with Crippen LogP contribution in [0.2, 0.25) is 5.02 Å². The fourth-order valence-electron chi connectivity index (χ4n) is 2.27. The van der Waals surface area contributed by atoms with Crippen LogP contribution in [0.1, 0.15) is 10.4 Å². The van der Waals surface area contributed by atoms with Gasteiger partial charge in [0.05, 0.1) is 11.5 Å². The van der Waals surface area contributed by atoms with E-state index in [-0.39, 0.29) is 23.2 Å². The average molecular weight is 378 g/mol. The molecule has 5 nitrogen and oxygen atoms in total. The molecule has 2 aromatic rings. The molecule has 1 aliphatic rings. The topological polar surface area (TPSA) is 64.6 Å². The first-order valence-corrected chi connectivity index (χ1v) is 9.21. The quantitative estimate of drug-likeness (QED) is 0.778. The normalized spacial score (nSPS) is 12.5. The zero-order valence-corrected chi connectivity index (χ0v) is 14.9. The molecule has 1 amide bonds. The molecule has 0 unspecified atom stereocenters. The van der Waals surface area contributed by atoms with E-state index >= 15 is 0 Å². The number of hydrogen-bond donors (Lipinski definition) is 1. The van der Waals surface area contributed by atoms with Crippen molar-refractivity contribution in [2.75, 3.05) is 30.0 Å². The van der Waals surface area contributed by atoms with E-state index in [1.54, 1.807) is 42.5 Å². The van der Waals surface area contributed by atoms with Crippen molar-refractivity contribution in [2.45, 2.75) is 0 Å². The molecule has 1 aliphatic heterocycles. The van der Waals surface area contributed by atoms with Gasteiger partial charge >= 0.3 is 0 Å². The molecular formula is C18H16ClNO4S. The molecule has 130 valence electrons. The second-order valence-corrected chi connectivity index (χ2v) is 6.75. The molecule has 0 bridgehead atoms. The summed E-state index contributed by atoms with van der Waals surface area (Å²) in [6.45, 7) is 0.989. The molecule has 0 saturated heterocycles. The summed E-state index contributed by atoms with van der Waals surface area (Å²) < 4.78 is 10.9. The molecule has 0 aromatic heterocycles. The van der Waals surface area contributed by atoms with Crippen molar-refractivity contribution < 1.29 is 19.1 Å². The third kappa shape index (κ3) is 4.90. The number of rotatable bonds is 6. The Kier molecular flexibility index (Phi) is 5.83. The van der Waals surface area contributed by atoms with Gasteiger partial charge in [-0.1, -0.05) is 11.6 Å². The van der Waals surface area contributed by atoms with Crippen LogP contribution in [0, 0.1) is 0 Å². The van der Waals surface area contributed by atoms with Crippen molar-refractivity contribution in [3.8, 4) is 11.5 Å². The van der Waals surface area contributed by atoms with E-state index in [0.717, 1.165) is 0 Å². The highest BCUT2D eigenvalue weighted by Gasteiger charge is 2.15. The lowest BCUT2D eigenvalue weighted by molar-refractivity contribution is -0.113. The standard InChI is InChI=1S/C18H16ClNO4S/c19-13-2-4-14(5-3-13)20-18(22)11-25-10-15(21)12-1-6-16-17(9-12)24-8-7-23-16/h1-6,9H,7-8,10-11H2,(H,20,22). The number of benzene rings is 2. The molecule has 0 radical (unpaired) electrons. The highest BCUT2D eigenvalue weighted by molar-refractivity contribution is 8.00. The van der Waals surface area contributed by atoms with Crippen LogP contribution in [0.5, 0.6) is 11.5 Å². The summed E-state index contributed by atoms with van der Waals surface area (Å²) in [6.07, 6.45) is 0. The molecule has 3 rings (SSSR count). The van der Waals surface area contributed by atoms with Gasteiger partial charge in [-0.25, -0.2) is 0 Å². The maximum absolute atomic E-state index is 12.2. The first kappa shape index (κ1) is 17.6. The van der Waals surface area contributed by atoms with Gasteiger partial charge in [0.2, 0.25) is 5.91 Å². The maximum atomic E-state index is 12.2. The van der Waals surface area contributed by atoms with Gasteiger partial charge in [0, 0.05) is 16.3 Å². The Morgan fingerprint density at radius 3 is 2.48 bits per heavy atom. The van der Waals surface area contributed by atoms with Crippen molar-refractivity contribution in [3.63, 3.8) is 0 Å². The second kappa shape index (κ2) is 8.27. The molecule has 1 N–H and O–H groups in total. The largest absolute Gasteiger partial charge is 0.486 e. The molecule has 1 heterocycles. The first-order chi connectivity index (χ1) is 12.1. The lowest BCUT2D eigenvalue weighted by atomic mass is 10.1. The molecule has 7 heteroatoms. The summed E-state index contributed by atoms with van der Waals surface area (Å²) in [7, 11) is 0. The number of thioether (sulfide) groups is 1. The SMILES string of the molecule is O=C(CSCC(=O)c1ccc2c(c1)OCCO2)Nc1ccc(Cl)cc1. The molecule has 0 fully saturated rings. The molecular weight excluding hydrogens is 362 g/mol. The van der Waals surface area contributed by atoms with Crippen LogP contribution < -0.4 is 14.8 Å². The number of ether oxygens (including phenoxy) is 2. The van der Waals surface area contributed by atoms with E-state index in [1.807, 2.05) is 0 Å². The number of ketones is 1. The van der Waals surface area contributed by atoms with Crippen LogP contribution in [0.15, 0.2) is 42.5 Å². The Morgan fingerprint density at radius 2 is 1.72 bits per heavy atom. The average Bonchev–Trinajstić information content (AvgIpc) is 2.63. The number of fused-ring (bicyclic) bond motifs is 1. The third-order valence-corrected chi connectivity index (χ3v) is 4.64. The summed E-state index contributed by atoms with van der Waals surface area (Å²) in [5, 5.41) is 3.37. The van der Waals surface area contributed by atoms with Crippen molar-refractivity contribution in [1.29, 1.82) is 0 Å². The fraction of sp³-hybridized carbons (Fsp3) is 0.222. The van der Waals surface area contributed by atoms with Crippen LogP contribution in [0.4, 0.5) is 5.69 Å². The molecule has 0 aliphatic carbocycles. The number of amides is 1. The Balaban J connectivity index is 1.47. The van der Waals surface area contributed by atoms with Crippen LogP contribution in [0.25, 0.3) is 0 Å². The van der Waals surface area contributed by atoms with E-state index in [1.165, 1.54) is 11.8 Å². The van der Waals surface area contributed by atoms with Gasteiger partial charge in [-0.15, -0.1) is 11.8 Å². The maximum Gasteiger partial charge on any atom is 0.234 e. The Morgan fingerprint density at radius 1 is 1.00 bits per heavy atom. The van der Waals surface area contributed by atoms with E-state index in [2.05, 4.69) is 5.32 Å². The highest BCUT2D eigenvalue weighted by atomic mass is 35.5. The minimum absolute atomic E-state index is 0.0544. The van der Waals surface area contributed by atoms with Gasteiger partial charge < -0.3 is 14.8 Å². The molecule has 0 saturated carbocycles. The van der Waals surface area contributed by atoms with Crippen LogP contribution in [0.3, 0.4) is 0 Å². The van der Waals surface area contributed by atoms with Gasteiger partial charge in [-0.05, 0) is 42.5 Å². The van der Waals surface area contributed by atoms with Crippen molar-refractivity contribution in [1.82, 2.24) is 0 Å². The summed E-state index contributed by atoms with van der Waals surface area (Å²) in [5.74, 6) is 1.43. The zero-order chi connectivity index (χ0) is 17.6. The highest BCUT2D eigenvalue weighted by Crippen LogP contribution is 2.31. The number of anilines is 1. The zero-order valence-electron chi connectivity index (χ0n) is 13.3. The van der Waals surface area contributed by atoms with Crippen LogP contribution in [-0.4, -0.2) is 36.4 Å². The number of carbonyl (C=O) groups excluding carboxylic acids is 2. The lowest BCUT2D eigenvalue weighted by Crippen LogP contribution is -2.17. The van der Waals surface area contributed by atoms with Crippen LogP contribution in [-0.2, 0) is 4.79 Å². The predicted molar refractivity (Wildman–Crippen MR) is 99.2 cm³/mol. The van der Waals surface area contributed by atoms with E-state index in [0.29, 0.717) is 41.0 Å². The van der Waals surface area contributed by atoms with Crippen molar-refractivity contribution >= 4 is 40.7 Å². The number of Topliss-reactive ketones (excluding diaryl/α,β-unsaturated/α-hetero) is 1. The summed E-state index contributed by atoms with van der Waals surface area (Å²) in [6, 6.07) is 12.0. The Bertz CT molecular complexity index is 779. The van der Waals surface area contributed by atoms with Gasteiger partial charge in [0.25, 0.3) is 0 Å². The molecule has 0 atom stereocenters. The molecule has 25 heavy (non-hydrogen) atoms. The summed E-state index contributed by atoms with van der Waals surface area (Å²) >= 11 is 7.06.